The van der Waals surface area contributed by atoms with Crippen molar-refractivity contribution in [2.75, 3.05) is 23.7 Å². The van der Waals surface area contributed by atoms with Crippen LogP contribution in [0.25, 0.3) is 0 Å². The number of pyridine rings is 1. The molecule has 1 aliphatic heterocycles. The highest BCUT2D eigenvalue weighted by Crippen LogP contribution is 2.24. The number of amides is 1. The molecule has 184 valence electrons. The minimum atomic E-state index is -0.222. The number of nitrogens with two attached hydrogens (primary N) is 1. The molecule has 8 nitrogen and oxygen atoms in total. The van der Waals surface area contributed by atoms with Gasteiger partial charge in [-0.2, -0.15) is 5.10 Å². The normalized spacial score (nSPS) is 15.2. The lowest BCUT2D eigenvalue weighted by atomic mass is 10.1. The summed E-state index contributed by atoms with van der Waals surface area (Å²) in [6, 6.07) is 20.8. The molecular formula is C27H27ClN6O2. The Kier molecular flexibility index (Phi) is 6.77. The highest BCUT2D eigenvalue weighted by atomic mass is 35.5. The van der Waals surface area contributed by atoms with Crippen LogP contribution < -0.4 is 21.5 Å². The zero-order chi connectivity index (χ0) is 25.1. The van der Waals surface area contributed by atoms with Crippen molar-refractivity contribution in [2.24, 2.45) is 0 Å². The maximum absolute atomic E-state index is 12.9. The van der Waals surface area contributed by atoms with Crippen molar-refractivity contribution in [1.29, 1.82) is 0 Å². The van der Waals surface area contributed by atoms with Crippen molar-refractivity contribution in [1.82, 2.24) is 19.7 Å². The molecule has 1 atom stereocenters. The first kappa shape index (κ1) is 23.7. The number of benzene rings is 2. The molecule has 5 rings (SSSR count). The van der Waals surface area contributed by atoms with Gasteiger partial charge in [-0.15, -0.1) is 0 Å². The van der Waals surface area contributed by atoms with Crippen molar-refractivity contribution in [2.45, 2.75) is 25.6 Å². The molecule has 1 fully saturated rings. The van der Waals surface area contributed by atoms with Crippen LogP contribution in [0.5, 0.6) is 0 Å². The Hall–Kier alpha value is -4.04. The number of halogens is 1. The molecule has 0 aliphatic carbocycles. The standard InChI is InChI=1S/C27H27ClN6O2/c28-21-4-3-5-23(14-21)32-13-11-22(17-32)30-27(36)24-18-34(31-26(24)29)16-20-9-7-19(8-10-20)15-33-12-2-1-6-25(33)35/h1-10,12,14,18,22H,11,13,15-17H2,(H2,29,31)(H,30,36)/t22-/m1/s1. The van der Waals surface area contributed by atoms with Crippen molar-refractivity contribution in [3.63, 3.8) is 0 Å². The van der Waals surface area contributed by atoms with Crippen LogP contribution in [-0.4, -0.2) is 39.4 Å². The van der Waals surface area contributed by atoms with Gasteiger partial charge in [-0.1, -0.05) is 48.0 Å². The summed E-state index contributed by atoms with van der Waals surface area (Å²) >= 11 is 6.12. The molecule has 2 aromatic carbocycles. The largest absolute Gasteiger partial charge is 0.382 e. The van der Waals surface area contributed by atoms with Gasteiger partial charge in [0.05, 0.1) is 13.1 Å². The molecule has 2 aromatic heterocycles. The smallest absolute Gasteiger partial charge is 0.256 e. The molecule has 0 spiro atoms. The summed E-state index contributed by atoms with van der Waals surface area (Å²) < 4.78 is 3.33. The summed E-state index contributed by atoms with van der Waals surface area (Å²) in [5.41, 5.74) is 9.51. The molecule has 9 heteroatoms. The average molecular weight is 503 g/mol. The lowest BCUT2D eigenvalue weighted by Gasteiger charge is -2.19. The topological polar surface area (TPSA) is 98.2 Å². The van der Waals surface area contributed by atoms with Gasteiger partial charge in [0.1, 0.15) is 5.56 Å². The van der Waals surface area contributed by atoms with Crippen molar-refractivity contribution >= 4 is 29.0 Å². The minimum Gasteiger partial charge on any atom is -0.382 e. The monoisotopic (exact) mass is 502 g/mol. The third-order valence-electron chi connectivity index (χ3n) is 6.35. The van der Waals surface area contributed by atoms with Gasteiger partial charge in [-0.25, -0.2) is 0 Å². The molecule has 1 saturated heterocycles. The number of anilines is 2. The molecule has 0 bridgehead atoms. The lowest BCUT2D eigenvalue weighted by molar-refractivity contribution is 0.0941. The van der Waals surface area contributed by atoms with E-state index in [1.807, 2.05) is 54.6 Å². The van der Waals surface area contributed by atoms with Crippen LogP contribution in [0.3, 0.4) is 0 Å². The first-order valence-electron chi connectivity index (χ1n) is 11.8. The second-order valence-electron chi connectivity index (χ2n) is 8.99. The van der Waals surface area contributed by atoms with Crippen molar-refractivity contribution in [3.05, 3.63) is 111 Å². The first-order valence-corrected chi connectivity index (χ1v) is 12.2. The van der Waals surface area contributed by atoms with Gasteiger partial charge < -0.3 is 20.5 Å². The van der Waals surface area contributed by atoms with E-state index in [0.29, 0.717) is 30.2 Å². The first-order chi connectivity index (χ1) is 17.4. The average Bonchev–Trinajstić information content (AvgIpc) is 3.48. The second-order valence-corrected chi connectivity index (χ2v) is 9.43. The minimum absolute atomic E-state index is 0.0175. The number of nitrogen functional groups attached to an aromatic ring is 1. The second kappa shape index (κ2) is 10.3. The molecule has 0 saturated carbocycles. The summed E-state index contributed by atoms with van der Waals surface area (Å²) in [4.78, 5) is 27.1. The van der Waals surface area contributed by atoms with Gasteiger partial charge in [0.2, 0.25) is 0 Å². The van der Waals surface area contributed by atoms with Gasteiger partial charge in [0, 0.05) is 48.3 Å². The number of aromatic nitrogens is 3. The summed E-state index contributed by atoms with van der Waals surface area (Å²) in [5, 5.41) is 8.12. The number of hydrogen-bond donors (Lipinski definition) is 2. The van der Waals surface area contributed by atoms with Crippen LogP contribution in [0.2, 0.25) is 5.02 Å². The van der Waals surface area contributed by atoms with Gasteiger partial charge in [-0.05, 0) is 41.8 Å². The molecule has 3 heterocycles. The summed E-state index contributed by atoms with van der Waals surface area (Å²) in [5.74, 6) is -0.0161. The number of nitrogens with zero attached hydrogens (tertiary/aromatic N) is 4. The Morgan fingerprint density at radius 2 is 1.83 bits per heavy atom. The van der Waals surface area contributed by atoms with E-state index >= 15 is 0 Å². The Labute approximate surface area is 213 Å². The highest BCUT2D eigenvalue weighted by molar-refractivity contribution is 6.30. The predicted molar refractivity (Wildman–Crippen MR) is 142 cm³/mol. The third-order valence-corrected chi connectivity index (χ3v) is 6.59. The fourth-order valence-electron chi connectivity index (χ4n) is 4.47. The van der Waals surface area contributed by atoms with Crippen LogP contribution in [0, 0.1) is 0 Å². The predicted octanol–water partition coefficient (Wildman–Crippen LogP) is 3.39. The Bertz CT molecular complexity index is 1430. The van der Waals surface area contributed by atoms with E-state index in [2.05, 4.69) is 15.3 Å². The number of nitrogens with one attached hydrogen (secondary N) is 1. The number of carbonyl (C=O) groups is 1. The number of carbonyl (C=O) groups excluding carboxylic acids is 1. The molecule has 36 heavy (non-hydrogen) atoms. The van der Waals surface area contributed by atoms with E-state index in [0.717, 1.165) is 29.8 Å². The van der Waals surface area contributed by atoms with E-state index in [-0.39, 0.29) is 23.3 Å². The van der Waals surface area contributed by atoms with Gasteiger partial charge >= 0.3 is 0 Å². The lowest BCUT2D eigenvalue weighted by Crippen LogP contribution is -2.37. The Morgan fingerprint density at radius 1 is 1.06 bits per heavy atom. The third kappa shape index (κ3) is 5.44. The van der Waals surface area contributed by atoms with E-state index in [1.165, 1.54) is 0 Å². The Morgan fingerprint density at radius 3 is 2.58 bits per heavy atom. The van der Waals surface area contributed by atoms with E-state index in [4.69, 9.17) is 17.3 Å². The SMILES string of the molecule is Nc1nn(Cc2ccc(Cn3ccccc3=O)cc2)cc1C(=O)N[C@@H]1CCN(c2cccc(Cl)c2)C1. The number of rotatable bonds is 7. The van der Waals surface area contributed by atoms with Crippen molar-refractivity contribution in [3.8, 4) is 0 Å². The molecule has 0 unspecified atom stereocenters. The maximum Gasteiger partial charge on any atom is 0.256 e. The van der Waals surface area contributed by atoms with Gasteiger partial charge in [0.15, 0.2) is 5.82 Å². The number of hydrogen-bond acceptors (Lipinski definition) is 5. The highest BCUT2D eigenvalue weighted by Gasteiger charge is 2.26. The molecule has 4 aromatic rings. The Balaban J connectivity index is 1.19. The van der Waals surface area contributed by atoms with Gasteiger partial charge in [-0.3, -0.25) is 14.3 Å². The van der Waals surface area contributed by atoms with Crippen LogP contribution in [-0.2, 0) is 13.1 Å². The molecule has 1 aliphatic rings. The maximum atomic E-state index is 12.9. The molecule has 1 amide bonds. The van der Waals surface area contributed by atoms with Crippen LogP contribution in [0.15, 0.2) is 83.9 Å². The van der Waals surface area contributed by atoms with E-state index < -0.39 is 0 Å². The quantitative estimate of drug-likeness (QED) is 0.403. The summed E-state index contributed by atoms with van der Waals surface area (Å²) in [7, 11) is 0. The van der Waals surface area contributed by atoms with Crippen LogP contribution >= 0.6 is 11.6 Å². The zero-order valence-corrected chi connectivity index (χ0v) is 20.4. The summed E-state index contributed by atoms with van der Waals surface area (Å²) in [6.07, 6.45) is 4.30. The zero-order valence-electron chi connectivity index (χ0n) is 19.7. The van der Waals surface area contributed by atoms with Crippen LogP contribution in [0.1, 0.15) is 27.9 Å². The fourth-order valence-corrected chi connectivity index (χ4v) is 4.65. The van der Waals surface area contributed by atoms with Crippen molar-refractivity contribution < 1.29 is 4.79 Å². The van der Waals surface area contributed by atoms with E-state index in [1.54, 1.807) is 33.8 Å². The van der Waals surface area contributed by atoms with E-state index in [9.17, 15) is 9.59 Å². The molecular weight excluding hydrogens is 476 g/mol. The van der Waals surface area contributed by atoms with Gasteiger partial charge in [0.25, 0.3) is 11.5 Å². The molecule has 0 radical (unpaired) electrons. The fraction of sp³-hybridized carbons (Fsp3) is 0.222. The van der Waals surface area contributed by atoms with Crippen LogP contribution in [0.4, 0.5) is 11.5 Å². The molecule has 3 N–H and O–H groups in total. The summed E-state index contributed by atoms with van der Waals surface area (Å²) in [6.45, 7) is 2.54.